The molecule has 2 heteroatoms. The molecule has 0 saturated carbocycles. The Morgan fingerprint density at radius 3 is 2.85 bits per heavy atom. The number of hydrogen-bond donors (Lipinski definition) is 1. The molecule has 1 fully saturated rings. The van der Waals surface area contributed by atoms with E-state index in [1.54, 1.807) is 11.1 Å². The first-order valence-corrected chi connectivity index (χ1v) is 8.20. The van der Waals surface area contributed by atoms with Crippen LogP contribution in [0.4, 0.5) is 0 Å². The van der Waals surface area contributed by atoms with Gasteiger partial charge in [0, 0.05) is 31.1 Å². The lowest BCUT2D eigenvalue weighted by atomic mass is 9.77. The van der Waals surface area contributed by atoms with Crippen molar-refractivity contribution in [2.45, 2.75) is 51.6 Å². The predicted molar refractivity (Wildman–Crippen MR) is 85.2 cm³/mol. The van der Waals surface area contributed by atoms with Gasteiger partial charge in [-0.3, -0.25) is 4.90 Å². The normalized spacial score (nSPS) is 30.7. The van der Waals surface area contributed by atoms with Crippen LogP contribution in [0.3, 0.4) is 0 Å². The monoisotopic (exact) mass is 272 g/mol. The molecule has 3 unspecified atom stereocenters. The predicted octanol–water partition coefficient (Wildman–Crippen LogP) is 3.03. The molecule has 0 amide bonds. The van der Waals surface area contributed by atoms with E-state index in [4.69, 9.17) is 0 Å². The van der Waals surface area contributed by atoms with Crippen LogP contribution in [0.25, 0.3) is 0 Å². The zero-order chi connectivity index (χ0) is 14.1. The van der Waals surface area contributed by atoms with Crippen molar-refractivity contribution < 1.29 is 0 Å². The molecule has 1 saturated heterocycles. The molecular formula is C18H28N2. The minimum atomic E-state index is 0.648. The van der Waals surface area contributed by atoms with E-state index in [1.165, 1.54) is 32.5 Å². The highest BCUT2D eigenvalue weighted by Gasteiger charge is 2.31. The van der Waals surface area contributed by atoms with E-state index in [-0.39, 0.29) is 0 Å². The fourth-order valence-electron chi connectivity index (χ4n) is 3.67. The Bertz CT molecular complexity index is 454. The fourth-order valence-corrected chi connectivity index (χ4v) is 3.67. The molecule has 1 heterocycles. The summed E-state index contributed by atoms with van der Waals surface area (Å²) in [5, 5.41) is 3.73. The summed E-state index contributed by atoms with van der Waals surface area (Å²) in [6.45, 7) is 10.7. The highest BCUT2D eigenvalue weighted by atomic mass is 15.2. The van der Waals surface area contributed by atoms with Crippen molar-refractivity contribution in [1.29, 1.82) is 0 Å². The second-order valence-corrected chi connectivity index (χ2v) is 7.00. The quantitative estimate of drug-likeness (QED) is 0.910. The van der Waals surface area contributed by atoms with Gasteiger partial charge in [0.2, 0.25) is 0 Å². The maximum Gasteiger partial charge on any atom is 0.0218 e. The minimum Gasteiger partial charge on any atom is -0.312 e. The molecule has 1 aromatic rings. The molecule has 0 aromatic heterocycles. The van der Waals surface area contributed by atoms with Crippen LogP contribution in [0.5, 0.6) is 0 Å². The largest absolute Gasteiger partial charge is 0.312 e. The van der Waals surface area contributed by atoms with Crippen LogP contribution >= 0.6 is 0 Å². The fraction of sp³-hybridized carbons (Fsp3) is 0.667. The van der Waals surface area contributed by atoms with Crippen molar-refractivity contribution in [1.82, 2.24) is 10.2 Å². The van der Waals surface area contributed by atoms with Gasteiger partial charge in [-0.1, -0.05) is 38.1 Å². The molecule has 1 aliphatic heterocycles. The van der Waals surface area contributed by atoms with Gasteiger partial charge >= 0.3 is 0 Å². The van der Waals surface area contributed by atoms with Gasteiger partial charge in [-0.05, 0) is 43.4 Å². The van der Waals surface area contributed by atoms with Gasteiger partial charge in [-0.25, -0.2) is 0 Å². The molecule has 3 atom stereocenters. The molecule has 2 nitrogen and oxygen atoms in total. The zero-order valence-corrected chi connectivity index (χ0v) is 13.1. The Labute approximate surface area is 123 Å². The van der Waals surface area contributed by atoms with Crippen LogP contribution in [0.1, 0.15) is 44.2 Å². The Morgan fingerprint density at radius 1 is 1.30 bits per heavy atom. The molecule has 1 N–H and O–H groups in total. The lowest BCUT2D eigenvalue weighted by Gasteiger charge is -2.38. The molecule has 3 rings (SSSR count). The summed E-state index contributed by atoms with van der Waals surface area (Å²) in [7, 11) is 0. The minimum absolute atomic E-state index is 0.648. The van der Waals surface area contributed by atoms with Gasteiger partial charge < -0.3 is 5.32 Å². The molecule has 0 radical (unpaired) electrons. The lowest BCUT2D eigenvalue weighted by Crippen LogP contribution is -2.45. The molecule has 2 aliphatic rings. The van der Waals surface area contributed by atoms with E-state index in [1.807, 2.05) is 0 Å². The van der Waals surface area contributed by atoms with Gasteiger partial charge in [0.15, 0.2) is 0 Å². The summed E-state index contributed by atoms with van der Waals surface area (Å²) >= 11 is 0. The number of fused-ring (bicyclic) bond motifs is 1. The van der Waals surface area contributed by atoms with Gasteiger partial charge in [-0.15, -0.1) is 0 Å². The first kappa shape index (κ1) is 14.1. The van der Waals surface area contributed by atoms with E-state index >= 15 is 0 Å². The summed E-state index contributed by atoms with van der Waals surface area (Å²) in [5.74, 6) is 1.48. The van der Waals surface area contributed by atoms with Crippen LogP contribution in [0.2, 0.25) is 0 Å². The standard InChI is InChI=1S/C18H28N2/c1-13(2)18-12-20(14(3)8-9-19-18)11-16-10-15-6-4-5-7-17(15)16/h4-7,13-14,16,18-19H,8-12H2,1-3H3. The average Bonchev–Trinajstić information content (AvgIpc) is 2.58. The van der Waals surface area contributed by atoms with E-state index in [2.05, 4.69) is 55.3 Å². The van der Waals surface area contributed by atoms with Crippen LogP contribution in [0, 0.1) is 5.92 Å². The van der Waals surface area contributed by atoms with E-state index in [0.29, 0.717) is 12.1 Å². The summed E-state index contributed by atoms with van der Waals surface area (Å²) in [6, 6.07) is 10.3. The number of hydrogen-bond acceptors (Lipinski definition) is 2. The Balaban J connectivity index is 1.66. The molecule has 1 aliphatic carbocycles. The first-order chi connectivity index (χ1) is 9.65. The maximum atomic E-state index is 3.73. The summed E-state index contributed by atoms with van der Waals surface area (Å²) < 4.78 is 0. The Morgan fingerprint density at radius 2 is 2.10 bits per heavy atom. The SMILES string of the molecule is CC(C)C1CN(CC2Cc3ccccc32)C(C)CCN1. The van der Waals surface area contributed by atoms with Crippen molar-refractivity contribution in [3.8, 4) is 0 Å². The second-order valence-electron chi connectivity index (χ2n) is 7.00. The van der Waals surface area contributed by atoms with Gasteiger partial charge in [0.25, 0.3) is 0 Å². The van der Waals surface area contributed by atoms with E-state index < -0.39 is 0 Å². The number of nitrogens with one attached hydrogen (secondary N) is 1. The second kappa shape index (κ2) is 5.87. The zero-order valence-electron chi connectivity index (χ0n) is 13.1. The highest BCUT2D eigenvalue weighted by Crippen LogP contribution is 2.36. The van der Waals surface area contributed by atoms with E-state index in [9.17, 15) is 0 Å². The Hall–Kier alpha value is -0.860. The van der Waals surface area contributed by atoms with Gasteiger partial charge in [0.1, 0.15) is 0 Å². The van der Waals surface area contributed by atoms with Crippen LogP contribution in [-0.4, -0.2) is 36.6 Å². The first-order valence-electron chi connectivity index (χ1n) is 8.20. The van der Waals surface area contributed by atoms with E-state index in [0.717, 1.165) is 11.8 Å². The third kappa shape index (κ3) is 2.77. The topological polar surface area (TPSA) is 15.3 Å². The van der Waals surface area contributed by atoms with Crippen molar-refractivity contribution in [2.24, 2.45) is 5.92 Å². The van der Waals surface area contributed by atoms with Crippen LogP contribution in [-0.2, 0) is 6.42 Å². The van der Waals surface area contributed by atoms with Crippen molar-refractivity contribution in [3.05, 3.63) is 35.4 Å². The highest BCUT2D eigenvalue weighted by molar-refractivity contribution is 5.40. The molecular weight excluding hydrogens is 244 g/mol. The van der Waals surface area contributed by atoms with Crippen LogP contribution < -0.4 is 5.32 Å². The number of benzene rings is 1. The van der Waals surface area contributed by atoms with Crippen molar-refractivity contribution in [3.63, 3.8) is 0 Å². The molecule has 20 heavy (non-hydrogen) atoms. The molecule has 0 bridgehead atoms. The average molecular weight is 272 g/mol. The third-order valence-electron chi connectivity index (χ3n) is 5.24. The molecule has 110 valence electrons. The van der Waals surface area contributed by atoms with Gasteiger partial charge in [0.05, 0.1) is 0 Å². The molecule has 1 aromatic carbocycles. The molecule has 0 spiro atoms. The Kier molecular flexibility index (Phi) is 4.13. The van der Waals surface area contributed by atoms with Crippen molar-refractivity contribution >= 4 is 0 Å². The lowest BCUT2D eigenvalue weighted by molar-refractivity contribution is 0.175. The summed E-state index contributed by atoms with van der Waals surface area (Å²) in [6.07, 6.45) is 2.55. The van der Waals surface area contributed by atoms with Crippen molar-refractivity contribution in [2.75, 3.05) is 19.6 Å². The smallest absolute Gasteiger partial charge is 0.0218 e. The third-order valence-corrected chi connectivity index (χ3v) is 5.24. The van der Waals surface area contributed by atoms with Gasteiger partial charge in [-0.2, -0.15) is 0 Å². The number of nitrogens with zero attached hydrogens (tertiary/aromatic N) is 1. The maximum absolute atomic E-state index is 3.73. The van der Waals surface area contributed by atoms with Crippen LogP contribution in [0.15, 0.2) is 24.3 Å². The number of rotatable bonds is 3. The summed E-state index contributed by atoms with van der Waals surface area (Å²) in [5.41, 5.74) is 3.16. The summed E-state index contributed by atoms with van der Waals surface area (Å²) in [4.78, 5) is 2.73.